The van der Waals surface area contributed by atoms with Gasteiger partial charge in [-0.25, -0.2) is 0 Å². The summed E-state index contributed by atoms with van der Waals surface area (Å²) in [6.45, 7) is 17.6. The molecule has 1 aliphatic heterocycles. The maximum atomic E-state index is 5.72. The molecule has 0 bridgehead atoms. The molecule has 0 N–H and O–H groups in total. The molecule has 0 atom stereocenters. The smallest absolute Gasteiger partial charge is 0.154 e. The van der Waals surface area contributed by atoms with Crippen molar-refractivity contribution < 1.29 is 4.84 Å². The van der Waals surface area contributed by atoms with Crippen LogP contribution in [0.15, 0.2) is 16.3 Å². The number of oxime groups is 1. The summed E-state index contributed by atoms with van der Waals surface area (Å²) in [7, 11) is 0. The third-order valence-electron chi connectivity index (χ3n) is 3.29. The molecule has 0 aromatic carbocycles. The highest BCUT2D eigenvalue weighted by molar-refractivity contribution is 6.02. The van der Waals surface area contributed by atoms with E-state index in [1.54, 1.807) is 0 Å². The average molecular weight is 237 g/mol. The van der Waals surface area contributed by atoms with Crippen molar-refractivity contribution >= 4 is 5.71 Å². The van der Waals surface area contributed by atoms with Gasteiger partial charge in [0.1, 0.15) is 0 Å². The van der Waals surface area contributed by atoms with Crippen LogP contribution in [-0.2, 0) is 4.84 Å². The zero-order valence-electron chi connectivity index (χ0n) is 12.6. The van der Waals surface area contributed by atoms with Gasteiger partial charge < -0.3 is 4.84 Å². The summed E-state index contributed by atoms with van der Waals surface area (Å²) in [5, 5.41) is 4.38. The van der Waals surface area contributed by atoms with Gasteiger partial charge in [0.05, 0.1) is 5.71 Å². The second-order valence-corrected chi connectivity index (χ2v) is 6.37. The van der Waals surface area contributed by atoms with Crippen LogP contribution in [0, 0.1) is 17.8 Å². The minimum absolute atomic E-state index is 0.272. The van der Waals surface area contributed by atoms with E-state index in [1.165, 1.54) is 11.1 Å². The first-order valence-electron chi connectivity index (χ1n) is 6.69. The maximum absolute atomic E-state index is 5.72. The molecule has 0 aromatic rings. The maximum Gasteiger partial charge on any atom is 0.154 e. The number of allylic oxidation sites excluding steroid dienone is 1. The third-order valence-corrected chi connectivity index (χ3v) is 3.29. The van der Waals surface area contributed by atoms with Crippen LogP contribution in [0.4, 0.5) is 0 Å². The fraction of sp³-hybridized carbons (Fsp3) is 0.800. The van der Waals surface area contributed by atoms with Gasteiger partial charge in [-0.2, -0.15) is 0 Å². The summed E-state index contributed by atoms with van der Waals surface area (Å²) >= 11 is 0. The quantitative estimate of drug-likeness (QED) is 0.712. The van der Waals surface area contributed by atoms with Gasteiger partial charge in [0.25, 0.3) is 0 Å². The molecule has 2 nitrogen and oxygen atoms in total. The van der Waals surface area contributed by atoms with Gasteiger partial charge >= 0.3 is 0 Å². The van der Waals surface area contributed by atoms with E-state index in [0.29, 0.717) is 17.8 Å². The summed E-state index contributed by atoms with van der Waals surface area (Å²) in [5.41, 5.74) is 3.67. The predicted molar refractivity (Wildman–Crippen MR) is 74.1 cm³/mol. The normalized spacial score (nSPS) is 20.1. The van der Waals surface area contributed by atoms with E-state index < -0.39 is 0 Å². The lowest BCUT2D eigenvalue weighted by atomic mass is 9.77. The van der Waals surface area contributed by atoms with Gasteiger partial charge in [0.15, 0.2) is 5.60 Å². The van der Waals surface area contributed by atoms with E-state index in [0.717, 1.165) is 5.71 Å². The van der Waals surface area contributed by atoms with E-state index >= 15 is 0 Å². The Morgan fingerprint density at radius 1 is 0.882 bits per heavy atom. The molecule has 2 heteroatoms. The molecule has 1 heterocycles. The zero-order chi connectivity index (χ0) is 13.4. The molecule has 0 fully saturated rings. The molecule has 0 radical (unpaired) electrons. The van der Waals surface area contributed by atoms with E-state index in [4.69, 9.17) is 4.84 Å². The largest absolute Gasteiger partial charge is 0.385 e. The summed E-state index contributed by atoms with van der Waals surface area (Å²) in [4.78, 5) is 5.72. The Hall–Kier alpha value is -0.790. The molecule has 0 spiro atoms. The van der Waals surface area contributed by atoms with Crippen LogP contribution in [0.2, 0.25) is 0 Å². The minimum atomic E-state index is -0.272. The molecule has 0 unspecified atom stereocenters. The molecule has 98 valence electrons. The van der Waals surface area contributed by atoms with Crippen molar-refractivity contribution in [2.45, 2.75) is 61.0 Å². The highest BCUT2D eigenvalue weighted by Crippen LogP contribution is 2.38. The van der Waals surface area contributed by atoms with Gasteiger partial charge in [0.2, 0.25) is 0 Å². The van der Waals surface area contributed by atoms with Crippen LogP contribution in [0.1, 0.15) is 55.4 Å². The van der Waals surface area contributed by atoms with Crippen LogP contribution in [0.5, 0.6) is 0 Å². The van der Waals surface area contributed by atoms with Gasteiger partial charge in [-0.05, 0) is 42.7 Å². The monoisotopic (exact) mass is 237 g/mol. The topological polar surface area (TPSA) is 21.6 Å². The molecule has 1 aliphatic rings. The van der Waals surface area contributed by atoms with Crippen molar-refractivity contribution in [3.8, 4) is 0 Å². The number of nitrogens with zero attached hydrogens (tertiary/aromatic N) is 1. The predicted octanol–water partition coefficient (Wildman–Crippen LogP) is 4.42. The highest BCUT2D eigenvalue weighted by atomic mass is 16.6. The molecule has 0 saturated carbocycles. The van der Waals surface area contributed by atoms with Crippen molar-refractivity contribution in [3.63, 3.8) is 0 Å². The van der Waals surface area contributed by atoms with Crippen molar-refractivity contribution in [1.29, 1.82) is 0 Å². The van der Waals surface area contributed by atoms with E-state index in [9.17, 15) is 0 Å². The van der Waals surface area contributed by atoms with Gasteiger partial charge in [0, 0.05) is 0 Å². The van der Waals surface area contributed by atoms with Crippen LogP contribution < -0.4 is 0 Å². The first-order chi connectivity index (χ1) is 7.68. The Morgan fingerprint density at radius 2 is 1.41 bits per heavy atom. The fourth-order valence-electron chi connectivity index (χ4n) is 2.75. The summed E-state index contributed by atoms with van der Waals surface area (Å²) in [6, 6.07) is 0. The summed E-state index contributed by atoms with van der Waals surface area (Å²) in [5.74, 6) is 1.40. The summed E-state index contributed by atoms with van der Waals surface area (Å²) in [6.07, 6.45) is 0. The third kappa shape index (κ3) is 2.72. The Kier molecular flexibility index (Phi) is 4.06. The standard InChI is InChI=1S/C15H27NO/c1-9(2)12-13(10(3)4)15(7,8)17-16-14(12)11(5)6/h9-11H,1-8H3. The van der Waals surface area contributed by atoms with Crippen molar-refractivity contribution in [2.75, 3.05) is 0 Å². The van der Waals surface area contributed by atoms with Crippen LogP contribution in [-0.4, -0.2) is 11.3 Å². The molecular weight excluding hydrogens is 210 g/mol. The van der Waals surface area contributed by atoms with E-state index in [1.807, 2.05) is 0 Å². The van der Waals surface area contributed by atoms with Crippen molar-refractivity contribution in [3.05, 3.63) is 11.1 Å². The second-order valence-electron chi connectivity index (χ2n) is 6.37. The first kappa shape index (κ1) is 14.3. The highest BCUT2D eigenvalue weighted by Gasteiger charge is 2.37. The summed E-state index contributed by atoms with van der Waals surface area (Å²) < 4.78 is 0. The molecule has 1 rings (SSSR count). The SMILES string of the molecule is CC(C)C1=NOC(C)(C)C(C(C)C)=C1C(C)C. The Morgan fingerprint density at radius 3 is 1.76 bits per heavy atom. The number of hydrogen-bond donors (Lipinski definition) is 0. The number of hydrogen-bond acceptors (Lipinski definition) is 2. The lowest BCUT2D eigenvalue weighted by Crippen LogP contribution is -2.37. The lowest BCUT2D eigenvalue weighted by molar-refractivity contribution is 0.00246. The van der Waals surface area contributed by atoms with E-state index in [-0.39, 0.29) is 5.60 Å². The van der Waals surface area contributed by atoms with Crippen molar-refractivity contribution in [1.82, 2.24) is 0 Å². The Labute approximate surface area is 106 Å². The number of rotatable bonds is 3. The molecular formula is C15H27NO. The fourth-order valence-corrected chi connectivity index (χ4v) is 2.75. The Bertz CT molecular complexity index is 346. The lowest BCUT2D eigenvalue weighted by Gasteiger charge is -2.37. The minimum Gasteiger partial charge on any atom is -0.385 e. The van der Waals surface area contributed by atoms with Gasteiger partial charge in [-0.15, -0.1) is 0 Å². The molecule has 0 amide bonds. The molecule has 0 aliphatic carbocycles. The average Bonchev–Trinajstić information content (AvgIpc) is 2.14. The van der Waals surface area contributed by atoms with Crippen LogP contribution in [0.3, 0.4) is 0 Å². The molecule has 0 aromatic heterocycles. The van der Waals surface area contributed by atoms with Crippen LogP contribution in [0.25, 0.3) is 0 Å². The van der Waals surface area contributed by atoms with Gasteiger partial charge in [-0.1, -0.05) is 46.7 Å². The molecule has 0 saturated heterocycles. The Balaban J connectivity index is 3.40. The zero-order valence-corrected chi connectivity index (χ0v) is 12.6. The van der Waals surface area contributed by atoms with E-state index in [2.05, 4.69) is 60.5 Å². The first-order valence-corrected chi connectivity index (χ1v) is 6.69. The molecule has 17 heavy (non-hydrogen) atoms. The van der Waals surface area contributed by atoms with Gasteiger partial charge in [-0.3, -0.25) is 0 Å². The van der Waals surface area contributed by atoms with Crippen molar-refractivity contribution in [2.24, 2.45) is 22.9 Å². The second kappa shape index (κ2) is 4.83. The van der Waals surface area contributed by atoms with Crippen LogP contribution >= 0.6 is 0 Å².